The van der Waals surface area contributed by atoms with E-state index in [9.17, 15) is 4.79 Å². The molecule has 3 heteroatoms. The highest BCUT2D eigenvalue weighted by Gasteiger charge is 2.11. The lowest BCUT2D eigenvalue weighted by atomic mass is 10.1. The van der Waals surface area contributed by atoms with Crippen molar-refractivity contribution < 1.29 is 4.79 Å². The van der Waals surface area contributed by atoms with Gasteiger partial charge in [-0.3, -0.25) is 4.79 Å². The minimum Gasteiger partial charge on any atom is -0.350 e. The van der Waals surface area contributed by atoms with E-state index >= 15 is 0 Å². The highest BCUT2D eigenvalue weighted by Crippen LogP contribution is 2.22. The normalized spacial score (nSPS) is 10.6. The van der Waals surface area contributed by atoms with E-state index < -0.39 is 0 Å². The Morgan fingerprint density at radius 1 is 1.50 bits per heavy atom. The number of aromatic nitrogens is 1. The minimum absolute atomic E-state index is 0.0564. The summed E-state index contributed by atoms with van der Waals surface area (Å²) in [5.74, 6) is -0.0564. The van der Waals surface area contributed by atoms with Gasteiger partial charge >= 0.3 is 0 Å². The molecule has 0 aliphatic rings. The molecule has 2 aromatic rings. The van der Waals surface area contributed by atoms with Crippen molar-refractivity contribution >= 4 is 16.8 Å². The number of nitrogens with zero attached hydrogens (tertiary/aromatic N) is 2. The van der Waals surface area contributed by atoms with Crippen molar-refractivity contribution in [3.8, 4) is 0 Å². The SMILES string of the molecule is C=CC(=O)N(C)Cc1cn(C)c2cc(C)ccc12. The zero-order valence-corrected chi connectivity index (χ0v) is 11.1. The number of likely N-dealkylation sites (N-methyl/N-ethyl adjacent to an activating group) is 1. The Hall–Kier alpha value is -2.03. The summed E-state index contributed by atoms with van der Waals surface area (Å²) in [5.41, 5.74) is 3.60. The smallest absolute Gasteiger partial charge is 0.245 e. The van der Waals surface area contributed by atoms with Crippen LogP contribution in [0.3, 0.4) is 0 Å². The maximum absolute atomic E-state index is 11.5. The third kappa shape index (κ3) is 2.16. The lowest BCUT2D eigenvalue weighted by Crippen LogP contribution is -2.23. The monoisotopic (exact) mass is 242 g/mol. The molecule has 0 radical (unpaired) electrons. The molecule has 0 atom stereocenters. The van der Waals surface area contributed by atoms with Crippen LogP contribution in [0.4, 0.5) is 0 Å². The van der Waals surface area contributed by atoms with Crippen molar-refractivity contribution in [3.05, 3.63) is 48.2 Å². The summed E-state index contributed by atoms with van der Waals surface area (Å²) in [4.78, 5) is 13.2. The minimum atomic E-state index is -0.0564. The first-order valence-electron chi connectivity index (χ1n) is 5.95. The standard InChI is InChI=1S/C15H18N2O/c1-5-15(18)17(4)10-12-9-16(3)14-8-11(2)6-7-13(12)14/h5-9H,1,10H2,2-4H3. The van der Waals surface area contributed by atoms with Crippen molar-refractivity contribution in [2.75, 3.05) is 7.05 Å². The number of benzene rings is 1. The van der Waals surface area contributed by atoms with Crippen LogP contribution >= 0.6 is 0 Å². The van der Waals surface area contributed by atoms with E-state index in [1.807, 2.05) is 7.05 Å². The van der Waals surface area contributed by atoms with Crippen molar-refractivity contribution in [1.82, 2.24) is 9.47 Å². The van der Waals surface area contributed by atoms with Crippen LogP contribution in [0, 0.1) is 6.92 Å². The molecular weight excluding hydrogens is 224 g/mol. The van der Waals surface area contributed by atoms with Gasteiger partial charge in [0.2, 0.25) is 5.91 Å². The van der Waals surface area contributed by atoms with Gasteiger partial charge in [0.25, 0.3) is 0 Å². The third-order valence-electron chi connectivity index (χ3n) is 3.19. The van der Waals surface area contributed by atoms with Gasteiger partial charge in [-0.1, -0.05) is 18.7 Å². The number of carbonyl (C=O) groups is 1. The predicted molar refractivity (Wildman–Crippen MR) is 74.3 cm³/mol. The van der Waals surface area contributed by atoms with Crippen LogP contribution < -0.4 is 0 Å². The van der Waals surface area contributed by atoms with Gasteiger partial charge in [-0.15, -0.1) is 0 Å². The molecule has 94 valence electrons. The average Bonchev–Trinajstić information content (AvgIpc) is 2.65. The van der Waals surface area contributed by atoms with Gasteiger partial charge in [-0.25, -0.2) is 0 Å². The number of amides is 1. The van der Waals surface area contributed by atoms with Gasteiger partial charge in [0.05, 0.1) is 0 Å². The number of hydrogen-bond acceptors (Lipinski definition) is 1. The van der Waals surface area contributed by atoms with Crippen LogP contribution in [0.2, 0.25) is 0 Å². The summed E-state index contributed by atoms with van der Waals surface area (Å²) in [7, 11) is 3.82. The van der Waals surface area contributed by atoms with Crippen molar-refractivity contribution in [2.24, 2.45) is 7.05 Å². The number of rotatable bonds is 3. The predicted octanol–water partition coefficient (Wildman–Crippen LogP) is 2.63. The molecule has 0 spiro atoms. The molecule has 2 rings (SSSR count). The van der Waals surface area contributed by atoms with E-state index in [-0.39, 0.29) is 5.91 Å². The Balaban J connectivity index is 2.40. The van der Waals surface area contributed by atoms with Crippen molar-refractivity contribution in [3.63, 3.8) is 0 Å². The summed E-state index contributed by atoms with van der Waals surface area (Å²) in [5, 5.41) is 1.20. The second-order valence-electron chi connectivity index (χ2n) is 4.68. The van der Waals surface area contributed by atoms with Crippen molar-refractivity contribution in [2.45, 2.75) is 13.5 Å². The van der Waals surface area contributed by atoms with Gasteiger partial charge in [0.15, 0.2) is 0 Å². The van der Waals surface area contributed by atoms with Crippen LogP contribution in [0.1, 0.15) is 11.1 Å². The average molecular weight is 242 g/mol. The first-order valence-corrected chi connectivity index (χ1v) is 5.95. The van der Waals surface area contributed by atoms with Gasteiger partial charge < -0.3 is 9.47 Å². The molecule has 0 fully saturated rings. The van der Waals surface area contributed by atoms with Crippen LogP contribution in [0.15, 0.2) is 37.1 Å². The molecule has 0 aliphatic heterocycles. The van der Waals surface area contributed by atoms with Crippen molar-refractivity contribution in [1.29, 1.82) is 0 Å². The molecule has 0 unspecified atom stereocenters. The van der Waals surface area contributed by atoms with E-state index in [1.165, 1.54) is 22.5 Å². The summed E-state index contributed by atoms with van der Waals surface area (Å²) >= 11 is 0. The molecule has 0 saturated carbocycles. The van der Waals surface area contributed by atoms with E-state index in [0.717, 1.165) is 5.56 Å². The molecule has 0 bridgehead atoms. The second kappa shape index (κ2) is 4.69. The Bertz CT molecular complexity index is 610. The molecular formula is C15H18N2O. The van der Waals surface area contributed by atoms with Gasteiger partial charge in [-0.05, 0) is 30.2 Å². The molecule has 3 nitrogen and oxygen atoms in total. The maximum atomic E-state index is 11.5. The summed E-state index contributed by atoms with van der Waals surface area (Å²) in [6, 6.07) is 6.38. The molecule has 1 aromatic heterocycles. The largest absolute Gasteiger partial charge is 0.350 e. The second-order valence-corrected chi connectivity index (χ2v) is 4.68. The Labute approximate surface area is 107 Å². The van der Waals surface area contributed by atoms with Crippen LogP contribution in [-0.2, 0) is 18.4 Å². The lowest BCUT2D eigenvalue weighted by molar-refractivity contribution is -0.125. The highest BCUT2D eigenvalue weighted by atomic mass is 16.2. The number of hydrogen-bond donors (Lipinski definition) is 0. The maximum Gasteiger partial charge on any atom is 0.245 e. The van der Waals surface area contributed by atoms with E-state index in [1.54, 1.807) is 11.9 Å². The van der Waals surface area contributed by atoms with Gasteiger partial charge in [0.1, 0.15) is 0 Å². The fourth-order valence-corrected chi connectivity index (χ4v) is 2.19. The molecule has 18 heavy (non-hydrogen) atoms. The summed E-state index contributed by atoms with van der Waals surface area (Å²) in [6.45, 7) is 6.19. The Morgan fingerprint density at radius 2 is 2.22 bits per heavy atom. The van der Waals surface area contributed by atoms with Crippen LogP contribution in [-0.4, -0.2) is 22.4 Å². The number of aryl methyl sites for hydroxylation is 2. The first kappa shape index (κ1) is 12.4. The Kier molecular flexibility index (Phi) is 3.24. The van der Waals surface area contributed by atoms with E-state index in [4.69, 9.17) is 0 Å². The van der Waals surface area contributed by atoms with Gasteiger partial charge in [-0.2, -0.15) is 0 Å². The first-order chi connectivity index (χ1) is 8.52. The zero-order chi connectivity index (χ0) is 13.3. The molecule has 0 aliphatic carbocycles. The lowest BCUT2D eigenvalue weighted by Gasteiger charge is -2.14. The molecule has 1 heterocycles. The third-order valence-corrected chi connectivity index (χ3v) is 3.19. The molecule has 1 aromatic carbocycles. The van der Waals surface area contributed by atoms with Gasteiger partial charge in [0, 0.05) is 37.7 Å². The topological polar surface area (TPSA) is 25.2 Å². The number of fused-ring (bicyclic) bond motifs is 1. The fraction of sp³-hybridized carbons (Fsp3) is 0.267. The van der Waals surface area contributed by atoms with Crippen LogP contribution in [0.25, 0.3) is 10.9 Å². The summed E-state index contributed by atoms with van der Waals surface area (Å²) in [6.07, 6.45) is 3.42. The molecule has 1 amide bonds. The number of carbonyl (C=O) groups excluding carboxylic acids is 1. The highest BCUT2D eigenvalue weighted by molar-refractivity contribution is 5.88. The molecule has 0 saturated heterocycles. The zero-order valence-electron chi connectivity index (χ0n) is 11.1. The van der Waals surface area contributed by atoms with Crippen LogP contribution in [0.5, 0.6) is 0 Å². The molecule has 0 N–H and O–H groups in total. The van der Waals surface area contributed by atoms with E-state index in [0.29, 0.717) is 6.54 Å². The fourth-order valence-electron chi connectivity index (χ4n) is 2.19. The van der Waals surface area contributed by atoms with E-state index in [2.05, 4.69) is 42.5 Å². The summed E-state index contributed by atoms with van der Waals surface area (Å²) < 4.78 is 2.10. The Morgan fingerprint density at radius 3 is 2.89 bits per heavy atom. The quantitative estimate of drug-likeness (QED) is 0.760.